The maximum atomic E-state index is 6.64. The van der Waals surface area contributed by atoms with Crippen LogP contribution in [0.4, 0.5) is 0 Å². The summed E-state index contributed by atoms with van der Waals surface area (Å²) in [5.41, 5.74) is 14.1. The maximum absolute atomic E-state index is 6.64. The summed E-state index contributed by atoms with van der Waals surface area (Å²) >= 11 is 1.84. The minimum Gasteiger partial charge on any atom is -0.456 e. The molecule has 0 aliphatic carbocycles. The van der Waals surface area contributed by atoms with Crippen molar-refractivity contribution in [1.29, 1.82) is 0 Å². The highest BCUT2D eigenvalue weighted by molar-refractivity contribution is 7.25. The van der Waals surface area contributed by atoms with Gasteiger partial charge in [0.15, 0.2) is 17.5 Å². The molecular weight excluding hydrogens is 879 g/mol. The minimum absolute atomic E-state index is 0.559. The standard InChI is InChI=1S/C63H35N3O3S/c1-2-11-37(12-3-1)61-64-62(38-25-23-36(24-26-38)43-16-8-17-47-44-13-4-6-19-51(44)69-60(43)47)66-63(65-61)49-18-10-21-54-59(49)50-33-41(29-32-52(50)67-54)42-15-9-20-53-58(42)48-31-28-39(34-55(48)68-53)40-27-30-46-45-14-5-7-22-56(45)70-57(46)35-40/h1-35H. The summed E-state index contributed by atoms with van der Waals surface area (Å²) in [5.74, 6) is 1.72. The van der Waals surface area contributed by atoms with Crippen LogP contribution in [-0.2, 0) is 0 Å². The highest BCUT2D eigenvalue weighted by Crippen LogP contribution is 2.44. The van der Waals surface area contributed by atoms with Crippen molar-refractivity contribution in [2.75, 3.05) is 0 Å². The zero-order valence-corrected chi connectivity index (χ0v) is 38.0. The molecule has 7 heteroatoms. The van der Waals surface area contributed by atoms with E-state index in [1.165, 1.54) is 25.7 Å². The fourth-order valence-corrected chi connectivity index (χ4v) is 11.6. The Labute approximate surface area is 403 Å². The van der Waals surface area contributed by atoms with Crippen LogP contribution in [0.1, 0.15) is 0 Å². The summed E-state index contributed by atoms with van der Waals surface area (Å²) in [6, 6.07) is 73.8. The van der Waals surface area contributed by atoms with E-state index in [9.17, 15) is 0 Å². The molecule has 15 rings (SSSR count). The van der Waals surface area contributed by atoms with E-state index in [1.807, 2.05) is 72.0 Å². The Morgan fingerprint density at radius 1 is 0.271 bits per heavy atom. The van der Waals surface area contributed by atoms with E-state index in [-0.39, 0.29) is 0 Å². The number of hydrogen-bond acceptors (Lipinski definition) is 7. The number of nitrogens with zero attached hydrogens (tertiary/aromatic N) is 3. The lowest BCUT2D eigenvalue weighted by Gasteiger charge is -2.10. The van der Waals surface area contributed by atoms with E-state index < -0.39 is 0 Å². The Morgan fingerprint density at radius 3 is 1.67 bits per heavy atom. The second-order valence-electron chi connectivity index (χ2n) is 17.8. The molecule has 10 aromatic carbocycles. The predicted octanol–water partition coefficient (Wildman–Crippen LogP) is 17.9. The molecule has 0 radical (unpaired) electrons. The van der Waals surface area contributed by atoms with Crippen molar-refractivity contribution in [2.24, 2.45) is 0 Å². The number of hydrogen-bond donors (Lipinski definition) is 0. The van der Waals surface area contributed by atoms with E-state index in [0.717, 1.165) is 110 Å². The van der Waals surface area contributed by atoms with Crippen LogP contribution < -0.4 is 0 Å². The first-order chi connectivity index (χ1) is 34.6. The van der Waals surface area contributed by atoms with Gasteiger partial charge in [-0.05, 0) is 82.4 Å². The molecular formula is C63H35N3O3S. The number of thiophene rings is 1. The summed E-state index contributed by atoms with van der Waals surface area (Å²) < 4.78 is 22.2. The lowest BCUT2D eigenvalue weighted by Crippen LogP contribution is -2.00. The Hall–Kier alpha value is -9.17. The van der Waals surface area contributed by atoms with Crippen LogP contribution in [0.2, 0.25) is 0 Å². The van der Waals surface area contributed by atoms with Crippen molar-refractivity contribution >= 4 is 97.3 Å². The molecule has 0 N–H and O–H groups in total. The van der Waals surface area contributed by atoms with Gasteiger partial charge in [0.2, 0.25) is 0 Å². The SMILES string of the molecule is c1ccc(-c2nc(-c3ccc(-c4cccc5c4oc4ccccc45)cc3)nc(-c3cccc4oc5ccc(-c6cccc7oc8cc(-c9ccc%10c(c9)sc9ccccc9%10)ccc8c67)cc5c34)n2)cc1. The zero-order chi connectivity index (χ0) is 45.9. The van der Waals surface area contributed by atoms with E-state index in [1.54, 1.807) is 0 Å². The van der Waals surface area contributed by atoms with Gasteiger partial charge in [-0.2, -0.15) is 0 Å². The molecule has 0 spiro atoms. The second-order valence-corrected chi connectivity index (χ2v) is 18.9. The maximum Gasteiger partial charge on any atom is 0.164 e. The molecule has 0 aliphatic heterocycles. The molecule has 5 aromatic heterocycles. The van der Waals surface area contributed by atoms with Crippen LogP contribution in [0, 0.1) is 0 Å². The van der Waals surface area contributed by atoms with Crippen LogP contribution in [-0.4, -0.2) is 15.0 Å². The first-order valence-corrected chi connectivity index (χ1v) is 24.1. The molecule has 0 fully saturated rings. The van der Waals surface area contributed by atoms with Crippen molar-refractivity contribution in [3.63, 3.8) is 0 Å². The van der Waals surface area contributed by atoms with Gasteiger partial charge in [-0.15, -0.1) is 11.3 Å². The Kier molecular flexibility index (Phi) is 8.43. The Morgan fingerprint density at radius 2 is 0.829 bits per heavy atom. The number of furan rings is 3. The van der Waals surface area contributed by atoms with E-state index in [0.29, 0.717) is 17.5 Å². The summed E-state index contributed by atoms with van der Waals surface area (Å²) in [5, 5.41) is 8.85. The first kappa shape index (κ1) is 38.9. The number of rotatable bonds is 6. The average molecular weight is 914 g/mol. The number of aromatic nitrogens is 3. The summed E-state index contributed by atoms with van der Waals surface area (Å²) in [4.78, 5) is 15.5. The van der Waals surface area contributed by atoms with Gasteiger partial charge >= 0.3 is 0 Å². The van der Waals surface area contributed by atoms with Gasteiger partial charge in [0.1, 0.15) is 33.5 Å². The summed E-state index contributed by atoms with van der Waals surface area (Å²) in [6.07, 6.45) is 0. The molecule has 0 aliphatic rings. The van der Waals surface area contributed by atoms with Crippen LogP contribution in [0.5, 0.6) is 0 Å². The van der Waals surface area contributed by atoms with E-state index in [4.69, 9.17) is 28.2 Å². The zero-order valence-electron chi connectivity index (χ0n) is 37.2. The van der Waals surface area contributed by atoms with Crippen molar-refractivity contribution in [2.45, 2.75) is 0 Å². The molecule has 0 unspecified atom stereocenters. The van der Waals surface area contributed by atoms with Crippen LogP contribution in [0.15, 0.2) is 226 Å². The average Bonchev–Trinajstić information content (AvgIpc) is 4.20. The van der Waals surface area contributed by atoms with Gasteiger partial charge in [0, 0.05) is 74.7 Å². The smallest absolute Gasteiger partial charge is 0.164 e. The lowest BCUT2D eigenvalue weighted by atomic mass is 9.96. The summed E-state index contributed by atoms with van der Waals surface area (Å²) in [7, 11) is 0. The van der Waals surface area contributed by atoms with Gasteiger partial charge in [-0.1, -0.05) is 158 Å². The fraction of sp³-hybridized carbons (Fsp3) is 0. The molecule has 6 nitrogen and oxygen atoms in total. The molecule has 0 atom stereocenters. The second kappa shape index (κ2) is 15.2. The molecule has 70 heavy (non-hydrogen) atoms. The number of fused-ring (bicyclic) bond motifs is 12. The van der Waals surface area contributed by atoms with Crippen LogP contribution >= 0.6 is 11.3 Å². The minimum atomic E-state index is 0.559. The third-order valence-corrected chi connectivity index (χ3v) is 14.9. The fourth-order valence-electron chi connectivity index (χ4n) is 10.4. The van der Waals surface area contributed by atoms with Gasteiger partial charge in [0.25, 0.3) is 0 Å². The quantitative estimate of drug-likeness (QED) is 0.165. The van der Waals surface area contributed by atoms with E-state index in [2.05, 4.69) is 152 Å². The monoisotopic (exact) mass is 913 g/mol. The van der Waals surface area contributed by atoms with Crippen LogP contribution in [0.3, 0.4) is 0 Å². The summed E-state index contributed by atoms with van der Waals surface area (Å²) in [6.45, 7) is 0. The Bertz CT molecular complexity index is 4600. The molecule has 0 bridgehead atoms. The normalized spacial score (nSPS) is 12.0. The topological polar surface area (TPSA) is 78.1 Å². The number of benzene rings is 10. The molecule has 5 heterocycles. The molecule has 0 saturated carbocycles. The molecule has 0 amide bonds. The van der Waals surface area contributed by atoms with Gasteiger partial charge in [-0.25, -0.2) is 15.0 Å². The van der Waals surface area contributed by atoms with Crippen molar-refractivity contribution in [1.82, 2.24) is 15.0 Å². The van der Waals surface area contributed by atoms with Crippen molar-refractivity contribution in [3.05, 3.63) is 212 Å². The molecule has 15 aromatic rings. The van der Waals surface area contributed by atoms with Crippen LogP contribution in [0.25, 0.3) is 154 Å². The third-order valence-electron chi connectivity index (χ3n) is 13.8. The lowest BCUT2D eigenvalue weighted by molar-refractivity contribution is 0.669. The Balaban J connectivity index is 0.837. The van der Waals surface area contributed by atoms with E-state index >= 15 is 0 Å². The highest BCUT2D eigenvalue weighted by Gasteiger charge is 2.21. The number of para-hydroxylation sites is 2. The van der Waals surface area contributed by atoms with Crippen molar-refractivity contribution < 1.29 is 13.3 Å². The van der Waals surface area contributed by atoms with Gasteiger partial charge in [-0.3, -0.25) is 0 Å². The highest BCUT2D eigenvalue weighted by atomic mass is 32.1. The molecule has 0 saturated heterocycles. The predicted molar refractivity (Wildman–Crippen MR) is 287 cm³/mol. The van der Waals surface area contributed by atoms with Crippen molar-refractivity contribution in [3.8, 4) is 67.5 Å². The molecule has 326 valence electrons. The first-order valence-electron chi connectivity index (χ1n) is 23.3. The third kappa shape index (κ3) is 6.08. The largest absolute Gasteiger partial charge is 0.456 e. The van der Waals surface area contributed by atoms with Gasteiger partial charge < -0.3 is 13.3 Å². The van der Waals surface area contributed by atoms with Gasteiger partial charge in [0.05, 0.1) is 0 Å².